The van der Waals surface area contributed by atoms with Crippen molar-refractivity contribution in [2.75, 3.05) is 0 Å². The maximum absolute atomic E-state index is 13.7. The van der Waals surface area contributed by atoms with Crippen molar-refractivity contribution in [1.29, 1.82) is 0 Å². The Labute approximate surface area is 127 Å². The first-order chi connectivity index (χ1) is 10.2. The first kappa shape index (κ1) is 13.8. The molecular formula is C18H12ClFO. The largest absolute Gasteiger partial charge is 0.294 e. The second-order valence-electron chi connectivity index (χ2n) is 4.83. The van der Waals surface area contributed by atoms with E-state index in [1.54, 1.807) is 30.3 Å². The zero-order valence-corrected chi connectivity index (χ0v) is 11.9. The molecule has 0 aliphatic rings. The second-order valence-corrected chi connectivity index (χ2v) is 5.24. The third-order valence-corrected chi connectivity index (χ3v) is 3.81. The molecule has 3 rings (SSSR count). The normalized spacial score (nSPS) is 10.8. The molecule has 0 saturated heterocycles. The summed E-state index contributed by atoms with van der Waals surface area (Å²) in [6, 6.07) is 17.2. The molecule has 0 N–H and O–H groups in total. The van der Waals surface area contributed by atoms with Gasteiger partial charge in [-0.2, -0.15) is 0 Å². The summed E-state index contributed by atoms with van der Waals surface area (Å²) < 4.78 is 13.7. The molecule has 0 unspecified atom stereocenters. The maximum atomic E-state index is 13.7. The van der Waals surface area contributed by atoms with Gasteiger partial charge in [0.05, 0.1) is 0 Å². The van der Waals surface area contributed by atoms with Gasteiger partial charge in [0, 0.05) is 22.4 Å². The molecule has 0 atom stereocenters. The Hall–Kier alpha value is -2.19. The van der Waals surface area contributed by atoms with E-state index in [4.69, 9.17) is 11.6 Å². The smallest absolute Gasteiger partial charge is 0.167 e. The van der Waals surface area contributed by atoms with Crippen LogP contribution in [0.2, 0.25) is 5.02 Å². The quantitative estimate of drug-likeness (QED) is 0.618. The summed E-state index contributed by atoms with van der Waals surface area (Å²) in [5.41, 5.74) is 0.972. The predicted octanol–water partition coefficient (Wildman–Crippen LogP) is 5.06. The number of carbonyl (C=O) groups excluding carboxylic acids is 1. The van der Waals surface area contributed by atoms with Crippen LogP contribution >= 0.6 is 11.6 Å². The Morgan fingerprint density at radius 3 is 2.33 bits per heavy atom. The van der Waals surface area contributed by atoms with E-state index in [0.29, 0.717) is 16.1 Å². The lowest BCUT2D eigenvalue weighted by atomic mass is 9.97. The third kappa shape index (κ3) is 2.67. The average molecular weight is 299 g/mol. The molecule has 0 aliphatic carbocycles. The van der Waals surface area contributed by atoms with Crippen LogP contribution in [0.25, 0.3) is 10.8 Å². The summed E-state index contributed by atoms with van der Waals surface area (Å²) in [6.07, 6.45) is 0.0400. The molecule has 0 aromatic heterocycles. The Kier molecular flexibility index (Phi) is 3.72. The van der Waals surface area contributed by atoms with Gasteiger partial charge in [0.15, 0.2) is 5.78 Å². The molecule has 0 spiro atoms. The van der Waals surface area contributed by atoms with Gasteiger partial charge in [-0.25, -0.2) is 4.39 Å². The number of hydrogen-bond acceptors (Lipinski definition) is 1. The number of ketones is 1. The average Bonchev–Trinajstić information content (AvgIpc) is 2.50. The number of rotatable bonds is 3. The molecule has 3 aromatic carbocycles. The van der Waals surface area contributed by atoms with Crippen LogP contribution in [0.1, 0.15) is 15.9 Å². The van der Waals surface area contributed by atoms with E-state index in [1.807, 2.05) is 24.3 Å². The number of hydrogen-bond donors (Lipinski definition) is 0. The SMILES string of the molecule is O=C(Cc1ccccc1F)c1ccc(Cl)c2ccccc12. The van der Waals surface area contributed by atoms with Crippen LogP contribution < -0.4 is 0 Å². The Morgan fingerprint density at radius 2 is 1.57 bits per heavy atom. The molecule has 104 valence electrons. The Bertz CT molecular complexity index is 826. The molecule has 3 heteroatoms. The maximum Gasteiger partial charge on any atom is 0.167 e. The zero-order valence-electron chi connectivity index (χ0n) is 11.1. The van der Waals surface area contributed by atoms with Crippen LogP contribution in [0.5, 0.6) is 0 Å². The molecule has 0 bridgehead atoms. The lowest BCUT2D eigenvalue weighted by molar-refractivity contribution is 0.0993. The molecule has 0 saturated carbocycles. The van der Waals surface area contributed by atoms with E-state index in [1.165, 1.54) is 6.07 Å². The lowest BCUT2D eigenvalue weighted by Gasteiger charge is -2.08. The van der Waals surface area contributed by atoms with Crippen molar-refractivity contribution in [2.45, 2.75) is 6.42 Å². The van der Waals surface area contributed by atoms with E-state index in [9.17, 15) is 9.18 Å². The molecule has 3 aromatic rings. The highest BCUT2D eigenvalue weighted by atomic mass is 35.5. The highest BCUT2D eigenvalue weighted by Gasteiger charge is 2.14. The third-order valence-electron chi connectivity index (χ3n) is 3.48. The first-order valence-electron chi connectivity index (χ1n) is 6.60. The summed E-state index contributed by atoms with van der Waals surface area (Å²) in [7, 11) is 0. The van der Waals surface area contributed by atoms with Crippen molar-refractivity contribution in [3.05, 3.63) is 82.6 Å². The molecule has 0 fully saturated rings. The Morgan fingerprint density at radius 1 is 0.905 bits per heavy atom. The molecule has 0 heterocycles. The lowest BCUT2D eigenvalue weighted by Crippen LogP contribution is -2.06. The van der Waals surface area contributed by atoms with Crippen molar-refractivity contribution in [3.63, 3.8) is 0 Å². The molecular weight excluding hydrogens is 287 g/mol. The highest BCUT2D eigenvalue weighted by molar-refractivity contribution is 6.36. The summed E-state index contributed by atoms with van der Waals surface area (Å²) in [5, 5.41) is 2.23. The van der Waals surface area contributed by atoms with Gasteiger partial charge in [0.25, 0.3) is 0 Å². The van der Waals surface area contributed by atoms with Gasteiger partial charge in [0.1, 0.15) is 5.82 Å². The number of benzene rings is 3. The van der Waals surface area contributed by atoms with Crippen molar-refractivity contribution in [3.8, 4) is 0 Å². The van der Waals surface area contributed by atoms with Gasteiger partial charge in [0.2, 0.25) is 0 Å². The van der Waals surface area contributed by atoms with Crippen LogP contribution in [-0.4, -0.2) is 5.78 Å². The summed E-state index contributed by atoms with van der Waals surface area (Å²) in [4.78, 5) is 12.5. The Balaban J connectivity index is 2.03. The topological polar surface area (TPSA) is 17.1 Å². The highest BCUT2D eigenvalue weighted by Crippen LogP contribution is 2.27. The van der Waals surface area contributed by atoms with Crippen LogP contribution in [0.4, 0.5) is 4.39 Å². The predicted molar refractivity (Wildman–Crippen MR) is 83.4 cm³/mol. The van der Waals surface area contributed by atoms with Crippen LogP contribution in [0.15, 0.2) is 60.7 Å². The zero-order chi connectivity index (χ0) is 14.8. The minimum atomic E-state index is -0.357. The molecule has 21 heavy (non-hydrogen) atoms. The summed E-state index contributed by atoms with van der Waals surface area (Å²) >= 11 is 6.15. The molecule has 0 aliphatic heterocycles. The number of Topliss-reactive ketones (excluding diaryl/α,β-unsaturated/α-hetero) is 1. The van der Waals surface area contributed by atoms with E-state index in [-0.39, 0.29) is 18.0 Å². The number of halogens is 2. The van der Waals surface area contributed by atoms with E-state index in [2.05, 4.69) is 0 Å². The van der Waals surface area contributed by atoms with Crippen molar-refractivity contribution >= 4 is 28.2 Å². The van der Waals surface area contributed by atoms with Crippen LogP contribution in [0.3, 0.4) is 0 Å². The molecule has 0 amide bonds. The van der Waals surface area contributed by atoms with Crippen LogP contribution in [-0.2, 0) is 6.42 Å². The first-order valence-corrected chi connectivity index (χ1v) is 6.98. The fourth-order valence-corrected chi connectivity index (χ4v) is 2.64. The van der Waals surface area contributed by atoms with E-state index >= 15 is 0 Å². The summed E-state index contributed by atoms with van der Waals surface area (Å²) in [5.74, 6) is -0.475. The van der Waals surface area contributed by atoms with Crippen molar-refractivity contribution in [1.82, 2.24) is 0 Å². The molecule has 1 nitrogen and oxygen atoms in total. The minimum Gasteiger partial charge on any atom is -0.294 e. The van der Waals surface area contributed by atoms with Gasteiger partial charge in [-0.3, -0.25) is 4.79 Å². The van der Waals surface area contributed by atoms with Gasteiger partial charge >= 0.3 is 0 Å². The van der Waals surface area contributed by atoms with Crippen LogP contribution in [0, 0.1) is 5.82 Å². The van der Waals surface area contributed by atoms with Gasteiger partial charge in [-0.05, 0) is 29.1 Å². The van der Waals surface area contributed by atoms with Gasteiger partial charge in [-0.1, -0.05) is 54.1 Å². The number of carbonyl (C=O) groups is 1. The van der Waals surface area contributed by atoms with Gasteiger partial charge < -0.3 is 0 Å². The van der Waals surface area contributed by atoms with Crippen molar-refractivity contribution in [2.24, 2.45) is 0 Å². The summed E-state index contributed by atoms with van der Waals surface area (Å²) in [6.45, 7) is 0. The van der Waals surface area contributed by atoms with Gasteiger partial charge in [-0.15, -0.1) is 0 Å². The fourth-order valence-electron chi connectivity index (χ4n) is 2.42. The standard InChI is InChI=1S/C18H12ClFO/c19-16-10-9-15(13-6-2-3-7-14(13)16)18(21)11-12-5-1-4-8-17(12)20/h1-10H,11H2. The monoisotopic (exact) mass is 298 g/mol. The second kappa shape index (κ2) is 5.66. The fraction of sp³-hybridized carbons (Fsp3) is 0.0556. The number of fused-ring (bicyclic) bond motifs is 1. The van der Waals surface area contributed by atoms with Crippen molar-refractivity contribution < 1.29 is 9.18 Å². The molecule has 0 radical (unpaired) electrons. The minimum absolute atomic E-state index is 0.0400. The van der Waals surface area contributed by atoms with E-state index in [0.717, 1.165) is 10.8 Å². The van der Waals surface area contributed by atoms with E-state index < -0.39 is 0 Å².